The van der Waals surface area contributed by atoms with E-state index in [-0.39, 0.29) is 5.96 Å². The zero-order valence-corrected chi connectivity index (χ0v) is 12.3. The van der Waals surface area contributed by atoms with Crippen LogP contribution in [0.25, 0.3) is 0 Å². The number of nitrogens with zero attached hydrogens (tertiary/aromatic N) is 2. The van der Waals surface area contributed by atoms with E-state index in [4.69, 9.17) is 15.7 Å². The molecule has 21 heavy (non-hydrogen) atoms. The standard InChI is InChI=1S/C14H19N5O2/c1-14(2,3)21-13(20)17-8-10-5-4-6-11(7-10)19-12(16)18-9-15/h4-7H,8H2,1-3H3,(H,17,20)(H3,16,18,19). The molecule has 0 bridgehead atoms. The Labute approximate surface area is 123 Å². The number of anilines is 1. The normalized spacial score (nSPS) is 11.4. The molecule has 4 N–H and O–H groups in total. The number of guanidine groups is 1. The summed E-state index contributed by atoms with van der Waals surface area (Å²) in [6.45, 7) is 5.72. The van der Waals surface area contributed by atoms with Gasteiger partial charge in [-0.25, -0.2) is 4.79 Å². The Bertz CT molecular complexity index is 569. The van der Waals surface area contributed by atoms with Crippen LogP contribution in [0.3, 0.4) is 0 Å². The second-order valence-electron chi connectivity index (χ2n) is 5.28. The molecule has 0 saturated heterocycles. The van der Waals surface area contributed by atoms with Crippen LogP contribution in [0.4, 0.5) is 10.5 Å². The maximum atomic E-state index is 11.6. The second kappa shape index (κ2) is 7.14. The minimum Gasteiger partial charge on any atom is -0.444 e. The number of rotatable bonds is 3. The predicted octanol–water partition coefficient (Wildman–Crippen LogP) is 1.92. The molecule has 0 aliphatic carbocycles. The number of ether oxygens (including phenoxy) is 1. The first kappa shape index (κ1) is 16.3. The summed E-state index contributed by atoms with van der Waals surface area (Å²) in [5.74, 6) is 0.00903. The molecule has 1 rings (SSSR count). The van der Waals surface area contributed by atoms with Crippen LogP contribution < -0.4 is 16.4 Å². The minimum atomic E-state index is -0.532. The van der Waals surface area contributed by atoms with Gasteiger partial charge in [0.2, 0.25) is 12.2 Å². The average Bonchev–Trinajstić information content (AvgIpc) is 2.35. The van der Waals surface area contributed by atoms with Gasteiger partial charge in [0.15, 0.2) is 0 Å². The van der Waals surface area contributed by atoms with Gasteiger partial charge in [-0.1, -0.05) is 12.1 Å². The first-order chi connectivity index (χ1) is 9.80. The van der Waals surface area contributed by atoms with Gasteiger partial charge >= 0.3 is 6.09 Å². The van der Waals surface area contributed by atoms with Gasteiger partial charge in [0.05, 0.1) is 0 Å². The van der Waals surface area contributed by atoms with Crippen LogP contribution in [-0.2, 0) is 11.3 Å². The van der Waals surface area contributed by atoms with Crippen LogP contribution in [0.2, 0.25) is 0 Å². The van der Waals surface area contributed by atoms with Crippen LogP contribution in [0.1, 0.15) is 26.3 Å². The van der Waals surface area contributed by atoms with Crippen molar-refractivity contribution in [3.8, 4) is 6.19 Å². The number of benzene rings is 1. The third-order valence-electron chi connectivity index (χ3n) is 2.21. The summed E-state index contributed by atoms with van der Waals surface area (Å²) in [5.41, 5.74) is 6.49. The summed E-state index contributed by atoms with van der Waals surface area (Å²) < 4.78 is 5.15. The smallest absolute Gasteiger partial charge is 0.407 e. The Hall–Kier alpha value is -2.75. The van der Waals surface area contributed by atoms with Crippen molar-refractivity contribution in [3.05, 3.63) is 29.8 Å². The van der Waals surface area contributed by atoms with Gasteiger partial charge in [-0.2, -0.15) is 5.26 Å². The second-order valence-corrected chi connectivity index (χ2v) is 5.28. The summed E-state index contributed by atoms with van der Waals surface area (Å²) in [6, 6.07) is 7.21. The topological polar surface area (TPSA) is 113 Å². The molecule has 1 amide bonds. The van der Waals surface area contributed by atoms with Gasteiger partial charge in [0, 0.05) is 12.2 Å². The van der Waals surface area contributed by atoms with Crippen LogP contribution in [0.5, 0.6) is 0 Å². The lowest BCUT2D eigenvalue weighted by Crippen LogP contribution is -2.32. The minimum absolute atomic E-state index is 0.00903. The molecule has 0 aliphatic rings. The summed E-state index contributed by atoms with van der Waals surface area (Å²) in [5, 5.41) is 13.8. The molecule has 0 atom stereocenters. The van der Waals surface area contributed by atoms with Crippen LogP contribution in [-0.4, -0.2) is 17.7 Å². The lowest BCUT2D eigenvalue weighted by molar-refractivity contribution is 0.0523. The van der Waals surface area contributed by atoms with E-state index < -0.39 is 11.7 Å². The predicted molar refractivity (Wildman–Crippen MR) is 80.4 cm³/mol. The molecule has 1 aromatic rings. The quantitative estimate of drug-likeness (QED) is 0.447. The Kier molecular flexibility index (Phi) is 5.55. The number of hydrogen-bond acceptors (Lipinski definition) is 4. The number of amides is 1. The third-order valence-corrected chi connectivity index (χ3v) is 2.21. The third kappa shape index (κ3) is 6.82. The molecule has 0 fully saturated rings. The van der Waals surface area contributed by atoms with Gasteiger partial charge < -0.3 is 21.1 Å². The highest BCUT2D eigenvalue weighted by Crippen LogP contribution is 2.11. The zero-order valence-electron chi connectivity index (χ0n) is 12.3. The highest BCUT2D eigenvalue weighted by atomic mass is 16.6. The fourth-order valence-electron chi connectivity index (χ4n) is 1.48. The number of carbonyl (C=O) groups excluding carboxylic acids is 1. The van der Waals surface area contributed by atoms with Gasteiger partial charge in [-0.05, 0) is 38.5 Å². The van der Waals surface area contributed by atoms with Crippen molar-refractivity contribution in [1.29, 1.82) is 5.26 Å². The first-order valence-electron chi connectivity index (χ1n) is 6.35. The number of nitrogens with two attached hydrogens (primary N) is 1. The molecular formula is C14H19N5O2. The number of carbonyl (C=O) groups is 1. The van der Waals surface area contributed by atoms with E-state index in [0.29, 0.717) is 12.2 Å². The van der Waals surface area contributed by atoms with Crippen LogP contribution in [0, 0.1) is 11.5 Å². The average molecular weight is 289 g/mol. The SMILES string of the molecule is CC(C)(C)OC(=O)NCc1cccc(NC(N)=NC#N)c1. The molecule has 0 heterocycles. The highest BCUT2D eigenvalue weighted by Gasteiger charge is 2.15. The van der Waals surface area contributed by atoms with Gasteiger partial charge in [-0.15, -0.1) is 4.99 Å². The number of aliphatic imine (C=N–C) groups is 1. The van der Waals surface area contributed by atoms with E-state index in [1.165, 1.54) is 0 Å². The molecule has 0 aliphatic heterocycles. The van der Waals surface area contributed by atoms with Crippen LogP contribution in [0.15, 0.2) is 29.3 Å². The largest absolute Gasteiger partial charge is 0.444 e. The summed E-state index contributed by atoms with van der Waals surface area (Å²) in [7, 11) is 0. The van der Waals surface area contributed by atoms with E-state index in [0.717, 1.165) is 5.56 Å². The van der Waals surface area contributed by atoms with Crippen molar-refractivity contribution in [2.24, 2.45) is 10.7 Å². The Morgan fingerprint density at radius 3 is 2.81 bits per heavy atom. The van der Waals surface area contributed by atoms with E-state index >= 15 is 0 Å². The van der Waals surface area contributed by atoms with E-state index in [1.54, 1.807) is 45.2 Å². The molecule has 0 unspecified atom stereocenters. The van der Waals surface area contributed by atoms with Gasteiger partial charge in [0.25, 0.3) is 0 Å². The molecule has 7 nitrogen and oxygen atoms in total. The van der Waals surface area contributed by atoms with E-state index in [9.17, 15) is 4.79 Å². The number of nitriles is 1. The fraction of sp³-hybridized carbons (Fsp3) is 0.357. The summed E-state index contributed by atoms with van der Waals surface area (Å²) in [6.07, 6.45) is 1.11. The van der Waals surface area contributed by atoms with Crippen molar-refractivity contribution >= 4 is 17.7 Å². The zero-order chi connectivity index (χ0) is 15.9. The van der Waals surface area contributed by atoms with Crippen molar-refractivity contribution in [2.75, 3.05) is 5.32 Å². The molecule has 1 aromatic carbocycles. The monoisotopic (exact) mass is 289 g/mol. The lowest BCUT2D eigenvalue weighted by Gasteiger charge is -2.19. The highest BCUT2D eigenvalue weighted by molar-refractivity contribution is 5.92. The molecule has 0 spiro atoms. The lowest BCUT2D eigenvalue weighted by atomic mass is 10.2. The van der Waals surface area contributed by atoms with E-state index in [2.05, 4.69) is 15.6 Å². The Balaban J connectivity index is 2.59. The van der Waals surface area contributed by atoms with E-state index in [1.807, 2.05) is 6.07 Å². The van der Waals surface area contributed by atoms with Crippen LogP contribution >= 0.6 is 0 Å². The fourth-order valence-corrected chi connectivity index (χ4v) is 1.48. The first-order valence-corrected chi connectivity index (χ1v) is 6.35. The Morgan fingerprint density at radius 1 is 1.48 bits per heavy atom. The molecule has 112 valence electrons. The van der Waals surface area contributed by atoms with Gasteiger partial charge in [0.1, 0.15) is 5.60 Å². The van der Waals surface area contributed by atoms with Crippen molar-refractivity contribution in [1.82, 2.24) is 5.32 Å². The maximum absolute atomic E-state index is 11.6. The Morgan fingerprint density at radius 2 is 2.19 bits per heavy atom. The molecule has 0 radical (unpaired) electrons. The maximum Gasteiger partial charge on any atom is 0.407 e. The molecule has 0 saturated carbocycles. The molecule has 0 aromatic heterocycles. The van der Waals surface area contributed by atoms with Crippen molar-refractivity contribution in [2.45, 2.75) is 32.9 Å². The summed E-state index contributed by atoms with van der Waals surface area (Å²) in [4.78, 5) is 14.9. The van der Waals surface area contributed by atoms with Crippen molar-refractivity contribution < 1.29 is 9.53 Å². The molecular weight excluding hydrogens is 270 g/mol. The summed E-state index contributed by atoms with van der Waals surface area (Å²) >= 11 is 0. The van der Waals surface area contributed by atoms with Crippen molar-refractivity contribution in [3.63, 3.8) is 0 Å². The number of alkyl carbamates (subject to hydrolysis) is 1. The number of nitrogens with one attached hydrogen (secondary N) is 2. The molecule has 7 heteroatoms. The number of hydrogen-bond donors (Lipinski definition) is 3. The van der Waals surface area contributed by atoms with Gasteiger partial charge in [-0.3, -0.25) is 0 Å².